The largest absolute Gasteiger partial charge is 0.297 e. The summed E-state index contributed by atoms with van der Waals surface area (Å²) in [6.07, 6.45) is 3.10. The van der Waals surface area contributed by atoms with Gasteiger partial charge in [-0.3, -0.25) is 10.1 Å². The van der Waals surface area contributed by atoms with Crippen molar-refractivity contribution in [3.05, 3.63) is 63.4 Å². The van der Waals surface area contributed by atoms with E-state index < -0.39 is 0 Å². The summed E-state index contributed by atoms with van der Waals surface area (Å²) >= 11 is 7.83. The lowest BCUT2D eigenvalue weighted by molar-refractivity contribution is -0.111. The van der Waals surface area contributed by atoms with E-state index in [4.69, 9.17) is 11.6 Å². The minimum atomic E-state index is -0.285. The summed E-state index contributed by atoms with van der Waals surface area (Å²) in [7, 11) is 0. The van der Waals surface area contributed by atoms with Crippen molar-refractivity contribution in [3.63, 3.8) is 0 Å². The van der Waals surface area contributed by atoms with Gasteiger partial charge in [0.25, 0.3) is 0 Å². The number of hydrogen-bond donors (Lipinski definition) is 1. The zero-order valence-corrected chi connectivity index (χ0v) is 16.9. The Morgan fingerprint density at radius 3 is 2.70 bits per heavy atom. The van der Waals surface area contributed by atoms with Crippen LogP contribution in [-0.2, 0) is 11.3 Å². The van der Waals surface area contributed by atoms with Gasteiger partial charge in [0.05, 0.1) is 12.2 Å². The average Bonchev–Trinajstić information content (AvgIpc) is 3.20. The first kappa shape index (κ1) is 19.3. The normalized spacial score (nSPS) is 11.4. The smallest absolute Gasteiger partial charge is 0.250 e. The number of benzene rings is 1. The van der Waals surface area contributed by atoms with Crippen LogP contribution in [0.4, 0.5) is 5.13 Å². The lowest BCUT2D eigenvalue weighted by atomic mass is 10.2. The van der Waals surface area contributed by atoms with Crippen molar-refractivity contribution >= 4 is 40.1 Å². The number of carbonyl (C=O) groups excluding carboxylic acids is 1. The number of aryl methyl sites for hydroxylation is 1. The lowest BCUT2D eigenvalue weighted by Crippen LogP contribution is -2.07. The Kier molecular flexibility index (Phi) is 6.03. The van der Waals surface area contributed by atoms with Gasteiger partial charge in [-0.2, -0.15) is 5.10 Å². The van der Waals surface area contributed by atoms with Crippen LogP contribution in [0.2, 0.25) is 5.15 Å². The molecule has 3 aromatic rings. The molecule has 2 aromatic heterocycles. The third-order valence-corrected chi connectivity index (χ3v) is 5.39. The first-order valence-electron chi connectivity index (χ1n) is 8.53. The molecule has 3 rings (SSSR count). The lowest BCUT2D eigenvalue weighted by Gasteiger charge is -2.03. The van der Waals surface area contributed by atoms with Crippen molar-refractivity contribution in [1.29, 1.82) is 0 Å². The minimum absolute atomic E-state index is 0.278. The number of anilines is 1. The molecule has 0 fully saturated rings. The molecule has 1 amide bonds. The SMILES string of the molecule is Cc1nn(Cc2ccccc2)c(Cl)c1C=CC(=O)Nc1nnc(C(C)C)s1. The van der Waals surface area contributed by atoms with E-state index in [1.807, 2.05) is 51.1 Å². The molecule has 8 heteroatoms. The fraction of sp³-hybridized carbons (Fsp3) is 0.263. The van der Waals surface area contributed by atoms with Gasteiger partial charge in [-0.1, -0.05) is 67.1 Å². The Morgan fingerprint density at radius 2 is 2.04 bits per heavy atom. The highest BCUT2D eigenvalue weighted by atomic mass is 35.5. The van der Waals surface area contributed by atoms with E-state index in [1.54, 1.807) is 10.8 Å². The Labute approximate surface area is 166 Å². The van der Waals surface area contributed by atoms with E-state index in [0.717, 1.165) is 21.8 Å². The molecule has 1 N–H and O–H groups in total. The van der Waals surface area contributed by atoms with Crippen molar-refractivity contribution < 1.29 is 4.79 Å². The molecule has 0 aliphatic carbocycles. The van der Waals surface area contributed by atoms with Crippen molar-refractivity contribution in [2.24, 2.45) is 0 Å². The first-order valence-corrected chi connectivity index (χ1v) is 9.72. The van der Waals surface area contributed by atoms with E-state index in [-0.39, 0.29) is 11.8 Å². The number of nitrogens with one attached hydrogen (secondary N) is 1. The van der Waals surface area contributed by atoms with Crippen LogP contribution in [0.25, 0.3) is 6.08 Å². The third kappa shape index (κ3) is 4.81. The first-order chi connectivity index (χ1) is 12.9. The predicted molar refractivity (Wildman–Crippen MR) is 109 cm³/mol. The van der Waals surface area contributed by atoms with Crippen LogP contribution in [0, 0.1) is 6.92 Å². The third-order valence-electron chi connectivity index (χ3n) is 3.85. The fourth-order valence-corrected chi connectivity index (χ4v) is 3.49. The summed E-state index contributed by atoms with van der Waals surface area (Å²) in [5.41, 5.74) is 2.59. The van der Waals surface area contributed by atoms with E-state index in [0.29, 0.717) is 16.8 Å². The van der Waals surface area contributed by atoms with Crippen molar-refractivity contribution in [3.8, 4) is 0 Å². The van der Waals surface area contributed by atoms with Gasteiger partial charge in [0, 0.05) is 17.6 Å². The molecule has 140 valence electrons. The van der Waals surface area contributed by atoms with Gasteiger partial charge >= 0.3 is 0 Å². The topological polar surface area (TPSA) is 72.7 Å². The molecule has 0 spiro atoms. The molecular weight excluding hydrogens is 382 g/mol. The Bertz CT molecular complexity index is 962. The van der Waals surface area contributed by atoms with Crippen molar-refractivity contribution in [2.45, 2.75) is 33.2 Å². The standard InChI is InChI=1S/C19H20ClN5OS/c1-12(2)18-22-23-19(27-18)21-16(26)10-9-15-13(3)24-25(17(15)20)11-14-7-5-4-6-8-14/h4-10,12H,11H2,1-3H3,(H,21,23,26). The van der Waals surface area contributed by atoms with Gasteiger partial charge in [0.1, 0.15) is 10.2 Å². The Hall–Kier alpha value is -2.51. The van der Waals surface area contributed by atoms with E-state index in [1.165, 1.54) is 17.4 Å². The van der Waals surface area contributed by atoms with Crippen LogP contribution in [0.3, 0.4) is 0 Å². The highest BCUT2D eigenvalue weighted by Crippen LogP contribution is 2.24. The molecule has 0 saturated carbocycles. The molecule has 0 atom stereocenters. The number of rotatable bonds is 6. The molecule has 0 aliphatic rings. The molecule has 6 nitrogen and oxygen atoms in total. The van der Waals surface area contributed by atoms with E-state index in [2.05, 4.69) is 20.6 Å². The molecule has 0 unspecified atom stereocenters. The van der Waals surface area contributed by atoms with Gasteiger partial charge in [0.15, 0.2) is 0 Å². The molecule has 1 aromatic carbocycles. The summed E-state index contributed by atoms with van der Waals surface area (Å²) < 4.78 is 1.73. The number of aromatic nitrogens is 4. The van der Waals surface area contributed by atoms with Gasteiger partial charge in [-0.25, -0.2) is 4.68 Å². The molecule has 27 heavy (non-hydrogen) atoms. The number of nitrogens with zero attached hydrogens (tertiary/aromatic N) is 4. The zero-order valence-electron chi connectivity index (χ0n) is 15.3. The maximum Gasteiger partial charge on any atom is 0.250 e. The van der Waals surface area contributed by atoms with E-state index >= 15 is 0 Å². The summed E-state index contributed by atoms with van der Waals surface area (Å²) in [6, 6.07) is 9.95. The average molecular weight is 402 g/mol. The quantitative estimate of drug-likeness (QED) is 0.616. The van der Waals surface area contributed by atoms with Crippen LogP contribution in [-0.4, -0.2) is 25.9 Å². The van der Waals surface area contributed by atoms with Crippen LogP contribution >= 0.6 is 22.9 Å². The van der Waals surface area contributed by atoms with E-state index in [9.17, 15) is 4.79 Å². The van der Waals surface area contributed by atoms with Gasteiger partial charge in [0.2, 0.25) is 11.0 Å². The summed E-state index contributed by atoms with van der Waals surface area (Å²) in [6.45, 7) is 6.50. The second kappa shape index (κ2) is 8.45. The number of halogens is 1. The molecule has 0 aliphatic heterocycles. The van der Waals surface area contributed by atoms with Crippen LogP contribution in [0.15, 0.2) is 36.4 Å². The van der Waals surface area contributed by atoms with Crippen LogP contribution < -0.4 is 5.32 Å². The number of amides is 1. The Morgan fingerprint density at radius 1 is 1.30 bits per heavy atom. The maximum atomic E-state index is 12.2. The van der Waals surface area contributed by atoms with Crippen molar-refractivity contribution in [1.82, 2.24) is 20.0 Å². The number of hydrogen-bond acceptors (Lipinski definition) is 5. The van der Waals surface area contributed by atoms with Gasteiger partial charge in [-0.15, -0.1) is 10.2 Å². The molecule has 0 bridgehead atoms. The molecule has 0 saturated heterocycles. The van der Waals surface area contributed by atoms with Crippen molar-refractivity contribution in [2.75, 3.05) is 5.32 Å². The summed E-state index contributed by atoms with van der Waals surface area (Å²) in [4.78, 5) is 12.2. The monoisotopic (exact) mass is 401 g/mol. The van der Waals surface area contributed by atoms with Gasteiger partial charge < -0.3 is 0 Å². The minimum Gasteiger partial charge on any atom is -0.297 e. The molecule has 0 radical (unpaired) electrons. The highest BCUT2D eigenvalue weighted by molar-refractivity contribution is 7.15. The molecular formula is C19H20ClN5OS. The maximum absolute atomic E-state index is 12.2. The van der Waals surface area contributed by atoms with Gasteiger partial charge in [-0.05, 0) is 18.6 Å². The summed E-state index contributed by atoms with van der Waals surface area (Å²) in [5.74, 6) is -0.00617. The molecule has 2 heterocycles. The fourth-order valence-electron chi connectivity index (χ4n) is 2.44. The van der Waals surface area contributed by atoms with Crippen LogP contribution in [0.1, 0.15) is 41.6 Å². The predicted octanol–water partition coefficient (Wildman–Crippen LogP) is 4.52. The highest BCUT2D eigenvalue weighted by Gasteiger charge is 2.13. The second-order valence-corrected chi connectivity index (χ2v) is 7.72. The zero-order chi connectivity index (χ0) is 19.4. The second-order valence-electron chi connectivity index (χ2n) is 6.36. The summed E-state index contributed by atoms with van der Waals surface area (Å²) in [5, 5.41) is 17.1. The van der Waals surface area contributed by atoms with Crippen LogP contribution in [0.5, 0.6) is 0 Å². The number of carbonyl (C=O) groups is 1. The Balaban J connectivity index is 1.70.